The molecule has 7 rings (SSSR count). The molecule has 4 aromatic rings. The minimum atomic E-state index is -2.84. The number of aromatic nitrogens is 3. The minimum Gasteiger partial charge on any atom is -0.473 e. The molecule has 13 heteroatoms. The van der Waals surface area contributed by atoms with Gasteiger partial charge in [-0.3, -0.25) is 4.90 Å². The molecule has 3 fully saturated rings. The molecular formula is C34H36ClF3N6O3. The van der Waals surface area contributed by atoms with E-state index in [-0.39, 0.29) is 31.6 Å². The molecular weight excluding hydrogens is 633 g/mol. The number of rotatable bonds is 9. The number of likely N-dealkylation sites (tertiary alicyclic amines) is 2. The number of piperidine rings is 1. The van der Waals surface area contributed by atoms with Crippen LogP contribution >= 0.6 is 11.6 Å². The van der Waals surface area contributed by atoms with Crippen molar-refractivity contribution in [3.05, 3.63) is 82.5 Å². The number of alkyl halides is 2. The smallest absolute Gasteiger partial charge is 0.322 e. The first kappa shape index (κ1) is 31.7. The Bertz CT molecular complexity index is 1760. The van der Waals surface area contributed by atoms with Gasteiger partial charge in [-0.25, -0.2) is 27.9 Å². The van der Waals surface area contributed by atoms with Crippen molar-refractivity contribution >= 4 is 34.4 Å². The van der Waals surface area contributed by atoms with E-state index in [1.165, 1.54) is 6.07 Å². The number of halogens is 4. The number of carbonyl (C=O) groups is 1. The van der Waals surface area contributed by atoms with Crippen molar-refractivity contribution in [2.45, 2.75) is 63.3 Å². The van der Waals surface area contributed by atoms with Gasteiger partial charge in [0.1, 0.15) is 18.2 Å². The third-order valence-electron chi connectivity index (χ3n) is 9.22. The highest BCUT2D eigenvalue weighted by Gasteiger charge is 2.40. The summed E-state index contributed by atoms with van der Waals surface area (Å²) in [6.07, 6.45) is 2.63. The summed E-state index contributed by atoms with van der Waals surface area (Å²) in [7, 11) is 0. The van der Waals surface area contributed by atoms with Crippen LogP contribution in [0.2, 0.25) is 5.02 Å². The third kappa shape index (κ3) is 7.34. The fourth-order valence-corrected chi connectivity index (χ4v) is 6.60. The van der Waals surface area contributed by atoms with E-state index in [0.29, 0.717) is 35.2 Å². The Balaban J connectivity index is 0.996. The lowest BCUT2D eigenvalue weighted by molar-refractivity contribution is -0.0592. The van der Waals surface area contributed by atoms with Gasteiger partial charge in [-0.2, -0.15) is 0 Å². The van der Waals surface area contributed by atoms with Crippen molar-refractivity contribution < 1.29 is 27.4 Å². The van der Waals surface area contributed by atoms with Crippen LogP contribution in [-0.4, -0.2) is 75.2 Å². The van der Waals surface area contributed by atoms with Gasteiger partial charge in [0.15, 0.2) is 0 Å². The van der Waals surface area contributed by atoms with Crippen molar-refractivity contribution in [2.24, 2.45) is 0 Å². The van der Waals surface area contributed by atoms with Gasteiger partial charge < -0.3 is 24.3 Å². The number of fused-ring (bicyclic) bond motifs is 1. The number of nitrogens with zero attached hydrogens (tertiary/aromatic N) is 5. The summed E-state index contributed by atoms with van der Waals surface area (Å²) in [5.74, 6) is -1.61. The van der Waals surface area contributed by atoms with E-state index >= 15 is 0 Å². The number of imidazole rings is 1. The van der Waals surface area contributed by atoms with Crippen molar-refractivity contribution in [1.82, 2.24) is 24.3 Å². The standard InChI is InChI=1S/C34H36ClF3N6O3/c35-24-5-4-23(27(36)16-24)20-47-32-3-1-2-28(41-32)22-8-12-42(13-9-22)19-31-40-29-17-25(39-33(45)43-14-11-34(37,38)21-43)6-7-30(29)44(31)18-26-10-15-46-26/h1-7,16-17,22,26H,8-15,18-21H2,(H,39,45)/t26-/m0/s1. The summed E-state index contributed by atoms with van der Waals surface area (Å²) in [6, 6.07) is 15.2. The third-order valence-corrected chi connectivity index (χ3v) is 9.46. The number of nitrogens with one attached hydrogen (secondary N) is 1. The Labute approximate surface area is 275 Å². The molecule has 2 amide bonds. The van der Waals surface area contributed by atoms with Crippen molar-refractivity contribution in [3.63, 3.8) is 0 Å². The van der Waals surface area contributed by atoms with Crippen LogP contribution in [0.1, 0.15) is 48.7 Å². The fraction of sp³-hybridized carbons (Fsp3) is 0.441. The van der Waals surface area contributed by atoms with Crippen LogP contribution in [0.4, 0.5) is 23.7 Å². The van der Waals surface area contributed by atoms with Gasteiger partial charge in [0.25, 0.3) is 5.92 Å². The molecule has 1 N–H and O–H groups in total. The minimum absolute atomic E-state index is 0.0265. The van der Waals surface area contributed by atoms with Gasteiger partial charge in [-0.1, -0.05) is 23.7 Å². The van der Waals surface area contributed by atoms with E-state index < -0.39 is 24.3 Å². The summed E-state index contributed by atoms with van der Waals surface area (Å²) >= 11 is 5.86. The van der Waals surface area contributed by atoms with Gasteiger partial charge in [-0.05, 0) is 68.8 Å². The number of benzene rings is 2. The number of ether oxygens (including phenoxy) is 2. The second kappa shape index (κ2) is 13.3. The molecule has 3 aliphatic heterocycles. The molecule has 3 aliphatic rings. The lowest BCUT2D eigenvalue weighted by Gasteiger charge is -2.32. The van der Waals surface area contributed by atoms with E-state index in [1.807, 2.05) is 18.2 Å². The predicted octanol–water partition coefficient (Wildman–Crippen LogP) is 6.84. The Morgan fingerprint density at radius 2 is 1.89 bits per heavy atom. The van der Waals surface area contributed by atoms with Gasteiger partial charge in [-0.15, -0.1) is 0 Å². The van der Waals surface area contributed by atoms with E-state index in [1.54, 1.807) is 30.3 Å². The van der Waals surface area contributed by atoms with Crippen LogP contribution < -0.4 is 10.1 Å². The van der Waals surface area contributed by atoms with Crippen LogP contribution in [0.15, 0.2) is 54.6 Å². The molecule has 0 radical (unpaired) electrons. The molecule has 0 aliphatic carbocycles. The average molecular weight is 669 g/mol. The number of anilines is 1. The Morgan fingerprint density at radius 1 is 1.06 bits per heavy atom. The molecule has 0 bridgehead atoms. The van der Waals surface area contributed by atoms with Gasteiger partial charge in [0, 0.05) is 53.5 Å². The van der Waals surface area contributed by atoms with Crippen molar-refractivity contribution in [1.29, 1.82) is 0 Å². The first-order valence-corrected chi connectivity index (χ1v) is 16.4. The van der Waals surface area contributed by atoms with Crippen molar-refractivity contribution in [2.75, 3.05) is 38.1 Å². The van der Waals surface area contributed by atoms with E-state index in [0.717, 1.165) is 66.4 Å². The summed E-state index contributed by atoms with van der Waals surface area (Å²) in [4.78, 5) is 25.9. The maximum absolute atomic E-state index is 14.2. The Kier molecular flexibility index (Phi) is 8.99. The summed E-state index contributed by atoms with van der Waals surface area (Å²) in [5.41, 5.74) is 3.57. The molecule has 0 saturated carbocycles. The zero-order valence-electron chi connectivity index (χ0n) is 25.8. The maximum Gasteiger partial charge on any atom is 0.322 e. The van der Waals surface area contributed by atoms with E-state index in [9.17, 15) is 18.0 Å². The lowest BCUT2D eigenvalue weighted by Crippen LogP contribution is -2.35. The van der Waals surface area contributed by atoms with Crippen molar-refractivity contribution in [3.8, 4) is 5.88 Å². The second-order valence-electron chi connectivity index (χ2n) is 12.6. The summed E-state index contributed by atoms with van der Waals surface area (Å²) in [5, 5.41) is 3.11. The molecule has 5 heterocycles. The first-order chi connectivity index (χ1) is 22.7. The van der Waals surface area contributed by atoms with Gasteiger partial charge in [0.05, 0.1) is 36.8 Å². The molecule has 2 aromatic carbocycles. The number of hydrogen-bond donors (Lipinski definition) is 1. The Morgan fingerprint density at radius 3 is 2.62 bits per heavy atom. The summed E-state index contributed by atoms with van der Waals surface area (Å²) < 4.78 is 55.2. The number of pyridine rings is 1. The monoisotopic (exact) mass is 668 g/mol. The van der Waals surface area contributed by atoms with Gasteiger partial charge >= 0.3 is 6.03 Å². The largest absolute Gasteiger partial charge is 0.473 e. The van der Waals surface area contributed by atoms with Crippen LogP contribution in [0.3, 0.4) is 0 Å². The van der Waals surface area contributed by atoms with Crippen LogP contribution in [0.5, 0.6) is 5.88 Å². The van der Waals surface area contributed by atoms with Crippen LogP contribution in [0.25, 0.3) is 11.0 Å². The number of amides is 2. The molecule has 3 saturated heterocycles. The SMILES string of the molecule is O=C(Nc1ccc2c(c1)nc(CN1CCC(c3cccc(OCc4ccc(Cl)cc4F)n3)CC1)n2C[C@@H]1CCO1)N1CCC(F)(F)C1. The van der Waals surface area contributed by atoms with Crippen LogP contribution in [-0.2, 0) is 24.4 Å². The van der Waals surface area contributed by atoms with Gasteiger partial charge in [0.2, 0.25) is 5.88 Å². The molecule has 248 valence electrons. The highest BCUT2D eigenvalue weighted by Crippen LogP contribution is 2.31. The fourth-order valence-electron chi connectivity index (χ4n) is 6.44. The zero-order valence-corrected chi connectivity index (χ0v) is 26.6. The molecule has 47 heavy (non-hydrogen) atoms. The quantitative estimate of drug-likeness (QED) is 0.210. The highest BCUT2D eigenvalue weighted by molar-refractivity contribution is 6.30. The lowest BCUT2D eigenvalue weighted by atomic mass is 9.93. The topological polar surface area (TPSA) is 84.8 Å². The normalized spacial score (nSPS) is 20.0. The van der Waals surface area contributed by atoms with E-state index in [2.05, 4.69) is 14.8 Å². The Hall–Kier alpha value is -3.87. The highest BCUT2D eigenvalue weighted by atomic mass is 35.5. The summed E-state index contributed by atoms with van der Waals surface area (Å²) in [6.45, 7) is 3.34. The first-order valence-electron chi connectivity index (χ1n) is 16.0. The molecule has 0 unspecified atom stereocenters. The number of hydrogen-bond acceptors (Lipinski definition) is 6. The second-order valence-corrected chi connectivity index (χ2v) is 13.0. The average Bonchev–Trinajstić information content (AvgIpc) is 3.57. The maximum atomic E-state index is 14.2. The van der Waals surface area contributed by atoms with Crippen LogP contribution in [0, 0.1) is 5.82 Å². The zero-order chi connectivity index (χ0) is 32.5. The van der Waals surface area contributed by atoms with E-state index in [4.69, 9.17) is 31.0 Å². The molecule has 2 aromatic heterocycles. The molecule has 1 atom stereocenters. The molecule has 0 spiro atoms. The number of urea groups is 1. The number of carbonyl (C=O) groups excluding carboxylic acids is 1. The molecule has 9 nitrogen and oxygen atoms in total. The predicted molar refractivity (Wildman–Crippen MR) is 171 cm³/mol.